The lowest BCUT2D eigenvalue weighted by Crippen LogP contribution is -2.43. The van der Waals surface area contributed by atoms with Gasteiger partial charge in [-0.05, 0) is 31.5 Å². The molecule has 1 aromatic rings. The Kier molecular flexibility index (Phi) is 4.73. The Hall–Kier alpha value is -1.39. The van der Waals surface area contributed by atoms with E-state index in [1.54, 1.807) is 0 Å². The monoisotopic (exact) mass is 248 g/mol. The topological polar surface area (TPSA) is 52.6 Å². The smallest absolute Gasteiger partial charge is 0.317 e. The standard InChI is InChI=1S/C14H20N2O2/c17-14(18)10-15-13-6-8-16(9-7-13)11-12-4-2-1-3-5-12/h1-5,13,15H,6-11H2,(H,17,18). The summed E-state index contributed by atoms with van der Waals surface area (Å²) in [6, 6.07) is 10.8. The lowest BCUT2D eigenvalue weighted by molar-refractivity contribution is -0.136. The zero-order valence-corrected chi connectivity index (χ0v) is 10.5. The highest BCUT2D eigenvalue weighted by atomic mass is 16.4. The minimum atomic E-state index is -0.776. The Morgan fingerprint density at radius 2 is 1.94 bits per heavy atom. The quantitative estimate of drug-likeness (QED) is 0.825. The van der Waals surface area contributed by atoms with Crippen LogP contribution in [0.25, 0.3) is 0 Å². The maximum atomic E-state index is 10.5. The Morgan fingerprint density at radius 3 is 2.56 bits per heavy atom. The molecule has 1 aromatic carbocycles. The second-order valence-corrected chi connectivity index (χ2v) is 4.81. The Labute approximate surface area is 108 Å². The highest BCUT2D eigenvalue weighted by Gasteiger charge is 2.19. The van der Waals surface area contributed by atoms with Crippen LogP contribution in [0.5, 0.6) is 0 Å². The molecule has 0 bridgehead atoms. The van der Waals surface area contributed by atoms with Gasteiger partial charge in [0.15, 0.2) is 0 Å². The van der Waals surface area contributed by atoms with Gasteiger partial charge in [-0.25, -0.2) is 0 Å². The number of benzene rings is 1. The first-order chi connectivity index (χ1) is 8.74. The minimum absolute atomic E-state index is 0.0728. The maximum Gasteiger partial charge on any atom is 0.317 e. The molecule has 0 atom stereocenters. The van der Waals surface area contributed by atoms with Crippen LogP contribution in [0.4, 0.5) is 0 Å². The first-order valence-corrected chi connectivity index (χ1v) is 6.45. The van der Waals surface area contributed by atoms with Crippen LogP contribution in [-0.4, -0.2) is 41.7 Å². The van der Waals surface area contributed by atoms with E-state index >= 15 is 0 Å². The molecule has 1 aliphatic rings. The van der Waals surface area contributed by atoms with E-state index in [0.29, 0.717) is 6.04 Å². The van der Waals surface area contributed by atoms with Gasteiger partial charge in [0, 0.05) is 12.6 Å². The molecule has 1 fully saturated rings. The Bertz CT molecular complexity index is 373. The van der Waals surface area contributed by atoms with Crippen molar-refractivity contribution in [2.75, 3.05) is 19.6 Å². The fourth-order valence-electron chi connectivity index (χ4n) is 2.37. The molecule has 1 aliphatic heterocycles. The van der Waals surface area contributed by atoms with Gasteiger partial charge in [-0.3, -0.25) is 9.69 Å². The molecule has 0 radical (unpaired) electrons. The molecule has 4 nitrogen and oxygen atoms in total. The van der Waals surface area contributed by atoms with E-state index < -0.39 is 5.97 Å². The van der Waals surface area contributed by atoms with Crippen molar-refractivity contribution in [3.8, 4) is 0 Å². The Balaban J connectivity index is 1.72. The van der Waals surface area contributed by atoms with E-state index in [9.17, 15) is 4.79 Å². The number of piperidine rings is 1. The van der Waals surface area contributed by atoms with Gasteiger partial charge in [0.25, 0.3) is 0 Å². The third-order valence-electron chi connectivity index (χ3n) is 3.38. The average molecular weight is 248 g/mol. The molecule has 18 heavy (non-hydrogen) atoms. The highest BCUT2D eigenvalue weighted by molar-refractivity contribution is 5.69. The van der Waals surface area contributed by atoms with Crippen LogP contribution in [0.1, 0.15) is 18.4 Å². The van der Waals surface area contributed by atoms with Gasteiger partial charge in [0.2, 0.25) is 0 Å². The lowest BCUT2D eigenvalue weighted by atomic mass is 10.0. The first-order valence-electron chi connectivity index (χ1n) is 6.45. The van der Waals surface area contributed by atoms with Gasteiger partial charge < -0.3 is 10.4 Å². The summed E-state index contributed by atoms with van der Waals surface area (Å²) in [5, 5.41) is 11.7. The summed E-state index contributed by atoms with van der Waals surface area (Å²) in [5.41, 5.74) is 1.34. The summed E-state index contributed by atoms with van der Waals surface area (Å²) in [4.78, 5) is 12.9. The average Bonchev–Trinajstić information content (AvgIpc) is 2.39. The van der Waals surface area contributed by atoms with E-state index in [1.807, 2.05) is 6.07 Å². The SMILES string of the molecule is O=C(O)CNC1CCN(Cc2ccccc2)CC1. The largest absolute Gasteiger partial charge is 0.480 e. The number of nitrogens with zero attached hydrogens (tertiary/aromatic N) is 1. The zero-order valence-electron chi connectivity index (χ0n) is 10.5. The molecule has 0 amide bonds. The molecular weight excluding hydrogens is 228 g/mol. The van der Waals surface area contributed by atoms with Crippen LogP contribution in [0.3, 0.4) is 0 Å². The molecule has 0 spiro atoms. The van der Waals surface area contributed by atoms with Gasteiger partial charge in [0.1, 0.15) is 0 Å². The van der Waals surface area contributed by atoms with Crippen LogP contribution >= 0.6 is 0 Å². The zero-order chi connectivity index (χ0) is 12.8. The molecule has 1 heterocycles. The van der Waals surface area contributed by atoms with Crippen molar-refractivity contribution in [2.45, 2.75) is 25.4 Å². The number of carboxylic acid groups (broad SMARTS) is 1. The van der Waals surface area contributed by atoms with Crippen molar-refractivity contribution in [1.29, 1.82) is 0 Å². The lowest BCUT2D eigenvalue weighted by Gasteiger charge is -2.32. The number of carboxylic acids is 1. The van der Waals surface area contributed by atoms with Gasteiger partial charge in [-0.1, -0.05) is 30.3 Å². The Morgan fingerprint density at radius 1 is 1.28 bits per heavy atom. The molecule has 0 saturated carbocycles. The van der Waals surface area contributed by atoms with Gasteiger partial charge >= 0.3 is 5.97 Å². The van der Waals surface area contributed by atoms with Gasteiger partial charge in [-0.15, -0.1) is 0 Å². The number of carbonyl (C=O) groups is 1. The van der Waals surface area contributed by atoms with Crippen LogP contribution < -0.4 is 5.32 Å². The second-order valence-electron chi connectivity index (χ2n) is 4.81. The fourth-order valence-corrected chi connectivity index (χ4v) is 2.37. The van der Waals surface area contributed by atoms with Crippen LogP contribution in [0.2, 0.25) is 0 Å². The predicted octanol–water partition coefficient (Wildman–Crippen LogP) is 1.33. The molecule has 0 aliphatic carbocycles. The van der Waals surface area contributed by atoms with Crippen LogP contribution in [0, 0.1) is 0 Å². The van der Waals surface area contributed by atoms with E-state index in [2.05, 4.69) is 34.5 Å². The van der Waals surface area contributed by atoms with E-state index in [4.69, 9.17) is 5.11 Å². The van der Waals surface area contributed by atoms with E-state index in [1.165, 1.54) is 5.56 Å². The normalized spacial score (nSPS) is 17.8. The highest BCUT2D eigenvalue weighted by Crippen LogP contribution is 2.13. The molecule has 0 unspecified atom stereocenters. The third-order valence-corrected chi connectivity index (χ3v) is 3.38. The van der Waals surface area contributed by atoms with Crippen molar-refractivity contribution in [3.05, 3.63) is 35.9 Å². The molecule has 4 heteroatoms. The van der Waals surface area contributed by atoms with Crippen molar-refractivity contribution < 1.29 is 9.90 Å². The number of rotatable bonds is 5. The van der Waals surface area contributed by atoms with Crippen molar-refractivity contribution >= 4 is 5.97 Å². The van der Waals surface area contributed by atoms with Crippen LogP contribution in [0.15, 0.2) is 30.3 Å². The number of nitrogens with one attached hydrogen (secondary N) is 1. The second kappa shape index (κ2) is 6.52. The number of hydrogen-bond acceptors (Lipinski definition) is 3. The third kappa shape index (κ3) is 4.13. The van der Waals surface area contributed by atoms with Crippen molar-refractivity contribution in [2.24, 2.45) is 0 Å². The minimum Gasteiger partial charge on any atom is -0.480 e. The summed E-state index contributed by atoms with van der Waals surface area (Å²) in [7, 11) is 0. The molecule has 2 rings (SSSR count). The molecule has 2 N–H and O–H groups in total. The van der Waals surface area contributed by atoms with E-state index in [-0.39, 0.29) is 6.54 Å². The maximum absolute atomic E-state index is 10.5. The predicted molar refractivity (Wildman–Crippen MR) is 70.4 cm³/mol. The molecule has 0 aromatic heterocycles. The van der Waals surface area contributed by atoms with Gasteiger partial charge in [0.05, 0.1) is 6.54 Å². The number of aliphatic carboxylic acids is 1. The summed E-state index contributed by atoms with van der Waals surface area (Å²) in [6.07, 6.45) is 2.06. The van der Waals surface area contributed by atoms with Crippen molar-refractivity contribution in [3.63, 3.8) is 0 Å². The summed E-state index contributed by atoms with van der Waals surface area (Å²) in [6.45, 7) is 3.13. The van der Waals surface area contributed by atoms with Crippen LogP contribution in [-0.2, 0) is 11.3 Å². The summed E-state index contributed by atoms with van der Waals surface area (Å²) in [5.74, 6) is -0.776. The number of likely N-dealkylation sites (tertiary alicyclic amines) is 1. The molecular formula is C14H20N2O2. The van der Waals surface area contributed by atoms with E-state index in [0.717, 1.165) is 32.5 Å². The fraction of sp³-hybridized carbons (Fsp3) is 0.500. The first kappa shape index (κ1) is 13.1. The van der Waals surface area contributed by atoms with Crippen molar-refractivity contribution in [1.82, 2.24) is 10.2 Å². The van der Waals surface area contributed by atoms with Gasteiger partial charge in [-0.2, -0.15) is 0 Å². The number of hydrogen-bond donors (Lipinski definition) is 2. The molecule has 1 saturated heterocycles. The summed E-state index contributed by atoms with van der Waals surface area (Å²) >= 11 is 0. The molecule has 98 valence electrons. The summed E-state index contributed by atoms with van der Waals surface area (Å²) < 4.78 is 0.